The topological polar surface area (TPSA) is 105 Å². The number of anilines is 2. The minimum Gasteiger partial charge on any atom is -0.494 e. The van der Waals surface area contributed by atoms with Crippen LogP contribution in [-0.4, -0.2) is 33.4 Å². The number of benzene rings is 2. The number of carboxylic acid groups (broad SMARTS) is 1. The standard InChI is InChI=1S/C22H19ClN4O4/c1-2-31-16-9-7-15(8-10-16)25-21(28)17-12-24-27-19(13-3-5-14(23)6-4-13)11-18(22(29)30)26-20(17)27/h3-12,19,26H,2H2,1H3,(H,25,28)(H,29,30)/t19-/m0/s1. The lowest BCUT2D eigenvalue weighted by molar-refractivity contribution is -0.132. The maximum Gasteiger partial charge on any atom is 0.352 e. The minimum absolute atomic E-state index is 0.0388. The highest BCUT2D eigenvalue weighted by molar-refractivity contribution is 6.30. The van der Waals surface area contributed by atoms with Crippen LogP contribution in [0.5, 0.6) is 5.75 Å². The maximum atomic E-state index is 12.9. The molecule has 0 bridgehead atoms. The van der Waals surface area contributed by atoms with Crippen molar-refractivity contribution < 1.29 is 19.4 Å². The van der Waals surface area contributed by atoms with E-state index in [1.807, 2.05) is 6.92 Å². The number of halogens is 1. The molecule has 3 aromatic rings. The molecule has 0 aliphatic carbocycles. The molecule has 2 aromatic carbocycles. The van der Waals surface area contributed by atoms with E-state index in [0.29, 0.717) is 28.9 Å². The van der Waals surface area contributed by atoms with E-state index in [1.165, 1.54) is 6.20 Å². The van der Waals surface area contributed by atoms with E-state index in [2.05, 4.69) is 15.7 Å². The van der Waals surface area contributed by atoms with E-state index in [0.717, 1.165) is 5.56 Å². The first-order chi connectivity index (χ1) is 15.0. The summed E-state index contributed by atoms with van der Waals surface area (Å²) >= 11 is 5.97. The van der Waals surface area contributed by atoms with E-state index in [9.17, 15) is 14.7 Å². The summed E-state index contributed by atoms with van der Waals surface area (Å²) in [6, 6.07) is 13.5. The molecule has 1 aliphatic heterocycles. The Morgan fingerprint density at radius 2 is 1.90 bits per heavy atom. The number of hydrogen-bond donors (Lipinski definition) is 3. The SMILES string of the molecule is CCOc1ccc(NC(=O)c2cnn3c2NC(C(=O)O)=C[C@H]3c2ccc(Cl)cc2)cc1. The number of ether oxygens (including phenoxy) is 1. The molecule has 0 spiro atoms. The number of nitrogens with zero attached hydrogens (tertiary/aromatic N) is 2. The molecule has 0 fully saturated rings. The number of carbonyl (C=O) groups is 2. The molecule has 0 saturated carbocycles. The van der Waals surface area contributed by atoms with E-state index >= 15 is 0 Å². The number of fused-ring (bicyclic) bond motifs is 1. The monoisotopic (exact) mass is 438 g/mol. The summed E-state index contributed by atoms with van der Waals surface area (Å²) in [5.74, 6) is -0.556. The summed E-state index contributed by atoms with van der Waals surface area (Å²) in [5, 5.41) is 20.1. The second-order valence-corrected chi connectivity index (χ2v) is 7.21. The third-order valence-electron chi connectivity index (χ3n) is 4.75. The van der Waals surface area contributed by atoms with Crippen LogP contribution in [0.25, 0.3) is 0 Å². The molecule has 1 amide bonds. The van der Waals surface area contributed by atoms with E-state index in [1.54, 1.807) is 59.3 Å². The van der Waals surface area contributed by atoms with Crippen molar-refractivity contribution in [2.75, 3.05) is 17.2 Å². The predicted molar refractivity (Wildman–Crippen MR) is 117 cm³/mol. The molecule has 9 heteroatoms. The number of allylic oxidation sites excluding steroid dienone is 1. The van der Waals surface area contributed by atoms with Crippen molar-refractivity contribution in [3.05, 3.63) is 82.7 Å². The molecular weight excluding hydrogens is 420 g/mol. The quantitative estimate of drug-likeness (QED) is 0.533. The second-order valence-electron chi connectivity index (χ2n) is 6.77. The Morgan fingerprint density at radius 1 is 1.19 bits per heavy atom. The molecule has 4 rings (SSSR count). The molecule has 1 aliphatic rings. The summed E-state index contributed by atoms with van der Waals surface area (Å²) in [7, 11) is 0. The molecule has 8 nitrogen and oxygen atoms in total. The number of carbonyl (C=O) groups excluding carboxylic acids is 1. The fraction of sp³-hybridized carbons (Fsp3) is 0.136. The van der Waals surface area contributed by atoms with Gasteiger partial charge < -0.3 is 20.5 Å². The van der Waals surface area contributed by atoms with Gasteiger partial charge in [-0.3, -0.25) is 4.79 Å². The second kappa shape index (κ2) is 8.53. The molecule has 1 atom stereocenters. The fourth-order valence-corrected chi connectivity index (χ4v) is 3.41. The van der Waals surface area contributed by atoms with Gasteiger partial charge in [0.2, 0.25) is 0 Å². The lowest BCUT2D eigenvalue weighted by Gasteiger charge is -2.24. The minimum atomic E-state index is -1.13. The Kier molecular flexibility index (Phi) is 5.64. The zero-order valence-corrected chi connectivity index (χ0v) is 17.3. The van der Waals surface area contributed by atoms with Gasteiger partial charge in [-0.05, 0) is 55.0 Å². The number of carboxylic acids is 1. The number of aliphatic carboxylic acids is 1. The van der Waals surface area contributed by atoms with Crippen LogP contribution in [0.1, 0.15) is 28.9 Å². The van der Waals surface area contributed by atoms with Gasteiger partial charge in [0.1, 0.15) is 22.8 Å². The predicted octanol–water partition coefficient (Wildman–Crippen LogP) is 4.17. The van der Waals surface area contributed by atoms with Gasteiger partial charge >= 0.3 is 5.97 Å². The van der Waals surface area contributed by atoms with Crippen LogP contribution >= 0.6 is 11.6 Å². The smallest absolute Gasteiger partial charge is 0.352 e. The van der Waals surface area contributed by atoms with Gasteiger partial charge in [-0.2, -0.15) is 5.10 Å². The van der Waals surface area contributed by atoms with Gasteiger partial charge in [0.05, 0.1) is 18.8 Å². The third kappa shape index (κ3) is 4.24. The lowest BCUT2D eigenvalue weighted by atomic mass is 10.0. The molecular formula is C22H19ClN4O4. The normalized spacial score (nSPS) is 14.8. The zero-order valence-electron chi connectivity index (χ0n) is 16.5. The zero-order chi connectivity index (χ0) is 22.0. The average molecular weight is 439 g/mol. The third-order valence-corrected chi connectivity index (χ3v) is 5.00. The molecule has 158 valence electrons. The first-order valence-corrected chi connectivity index (χ1v) is 9.93. The van der Waals surface area contributed by atoms with Crippen molar-refractivity contribution in [2.45, 2.75) is 13.0 Å². The number of aromatic nitrogens is 2. The van der Waals surface area contributed by atoms with Gasteiger partial charge in [-0.15, -0.1) is 0 Å². The van der Waals surface area contributed by atoms with Gasteiger partial charge in [0.15, 0.2) is 0 Å². The molecule has 0 radical (unpaired) electrons. The maximum absolute atomic E-state index is 12.9. The van der Waals surface area contributed by atoms with E-state index in [4.69, 9.17) is 16.3 Å². The molecule has 0 unspecified atom stereocenters. The number of amides is 1. The van der Waals surface area contributed by atoms with Gasteiger partial charge in [0, 0.05) is 10.7 Å². The Hall–Kier alpha value is -3.78. The highest BCUT2D eigenvalue weighted by Gasteiger charge is 2.29. The molecule has 31 heavy (non-hydrogen) atoms. The van der Waals surface area contributed by atoms with Gasteiger partial charge in [-0.25, -0.2) is 9.48 Å². The molecule has 3 N–H and O–H groups in total. The Balaban J connectivity index is 1.64. The summed E-state index contributed by atoms with van der Waals surface area (Å²) in [4.78, 5) is 24.6. The Bertz CT molecular complexity index is 1150. The Morgan fingerprint density at radius 3 is 2.55 bits per heavy atom. The van der Waals surface area contributed by atoms with Gasteiger partial charge in [0.25, 0.3) is 5.91 Å². The highest BCUT2D eigenvalue weighted by atomic mass is 35.5. The van der Waals surface area contributed by atoms with Crippen LogP contribution < -0.4 is 15.4 Å². The van der Waals surface area contributed by atoms with Crippen molar-refractivity contribution in [3.8, 4) is 5.75 Å². The lowest BCUT2D eigenvalue weighted by Crippen LogP contribution is -2.25. The molecule has 0 saturated heterocycles. The summed E-state index contributed by atoms with van der Waals surface area (Å²) < 4.78 is 6.97. The largest absolute Gasteiger partial charge is 0.494 e. The van der Waals surface area contributed by atoms with Crippen molar-refractivity contribution in [1.82, 2.24) is 9.78 Å². The number of hydrogen-bond acceptors (Lipinski definition) is 5. The van der Waals surface area contributed by atoms with E-state index < -0.39 is 17.9 Å². The average Bonchev–Trinajstić information content (AvgIpc) is 3.19. The first-order valence-electron chi connectivity index (χ1n) is 9.55. The number of nitrogens with one attached hydrogen (secondary N) is 2. The summed E-state index contributed by atoms with van der Waals surface area (Å²) in [6.07, 6.45) is 2.95. The van der Waals surface area contributed by atoms with Crippen LogP contribution in [0.4, 0.5) is 11.5 Å². The summed E-state index contributed by atoms with van der Waals surface area (Å²) in [5.41, 5.74) is 1.54. The van der Waals surface area contributed by atoms with Crippen molar-refractivity contribution >= 4 is 35.0 Å². The van der Waals surface area contributed by atoms with Crippen LogP contribution in [-0.2, 0) is 4.79 Å². The number of rotatable bonds is 6. The summed E-state index contributed by atoms with van der Waals surface area (Å²) in [6.45, 7) is 2.44. The first kappa shape index (κ1) is 20.5. The van der Waals surface area contributed by atoms with Crippen LogP contribution in [0, 0.1) is 0 Å². The fourth-order valence-electron chi connectivity index (χ4n) is 3.28. The van der Waals surface area contributed by atoms with Gasteiger partial charge in [-0.1, -0.05) is 23.7 Å². The molecule has 2 heterocycles. The van der Waals surface area contributed by atoms with Crippen molar-refractivity contribution in [3.63, 3.8) is 0 Å². The van der Waals surface area contributed by atoms with Crippen molar-refractivity contribution in [2.24, 2.45) is 0 Å². The van der Waals surface area contributed by atoms with E-state index in [-0.39, 0.29) is 11.3 Å². The van der Waals surface area contributed by atoms with Crippen LogP contribution in [0.15, 0.2) is 66.5 Å². The Labute approximate surface area is 183 Å². The van der Waals surface area contributed by atoms with Crippen LogP contribution in [0.2, 0.25) is 5.02 Å². The molecule has 1 aromatic heterocycles. The highest BCUT2D eigenvalue weighted by Crippen LogP contribution is 2.33. The van der Waals surface area contributed by atoms with Crippen LogP contribution in [0.3, 0.4) is 0 Å². The van der Waals surface area contributed by atoms with Crippen molar-refractivity contribution in [1.29, 1.82) is 0 Å².